The van der Waals surface area contributed by atoms with E-state index in [0.717, 1.165) is 36.1 Å². The number of esters is 1. The molecule has 2 aliphatic carbocycles. The standard InChI is InChI=1S/C20H25NO5S/c1-3-11-8-9-14-15(10-11)27-18(16(14)20(25)26-2)21-17(22)12-6-4-5-7-13(12)19(23)24/h4-5,11-13H,3,6-10H2,1-2H3,(H,21,22)(H,23,24)/t11-,12-,13-/m1/s1. The van der Waals surface area contributed by atoms with Crippen molar-refractivity contribution in [2.45, 2.75) is 45.4 Å². The summed E-state index contributed by atoms with van der Waals surface area (Å²) in [6, 6.07) is 0. The van der Waals surface area contributed by atoms with Crippen LogP contribution in [0.3, 0.4) is 0 Å². The number of aliphatic carboxylic acids is 1. The largest absolute Gasteiger partial charge is 0.481 e. The molecule has 0 bridgehead atoms. The van der Waals surface area contributed by atoms with Crippen molar-refractivity contribution in [3.8, 4) is 0 Å². The highest BCUT2D eigenvalue weighted by Gasteiger charge is 2.36. The van der Waals surface area contributed by atoms with E-state index in [0.29, 0.717) is 29.3 Å². The number of rotatable bonds is 5. The number of allylic oxidation sites excluding steroid dienone is 2. The van der Waals surface area contributed by atoms with Crippen LogP contribution in [0.25, 0.3) is 0 Å². The van der Waals surface area contributed by atoms with E-state index in [1.807, 2.05) is 6.08 Å². The summed E-state index contributed by atoms with van der Waals surface area (Å²) in [7, 11) is 1.34. The molecule has 2 N–H and O–H groups in total. The van der Waals surface area contributed by atoms with Gasteiger partial charge >= 0.3 is 11.9 Å². The average Bonchev–Trinajstić information content (AvgIpc) is 3.03. The summed E-state index contributed by atoms with van der Waals surface area (Å²) in [4.78, 5) is 37.8. The van der Waals surface area contributed by atoms with Gasteiger partial charge in [-0.15, -0.1) is 11.3 Å². The van der Waals surface area contributed by atoms with Crippen molar-refractivity contribution in [3.63, 3.8) is 0 Å². The number of fused-ring (bicyclic) bond motifs is 1. The number of carboxylic acids is 1. The topological polar surface area (TPSA) is 92.7 Å². The van der Waals surface area contributed by atoms with E-state index >= 15 is 0 Å². The number of amides is 1. The van der Waals surface area contributed by atoms with Gasteiger partial charge in [-0.1, -0.05) is 25.5 Å². The third-order valence-electron chi connectivity index (χ3n) is 5.66. The number of thiophene rings is 1. The molecule has 0 radical (unpaired) electrons. The summed E-state index contributed by atoms with van der Waals surface area (Å²) in [5.41, 5.74) is 1.42. The second-order valence-electron chi connectivity index (χ2n) is 7.20. The molecule has 0 saturated carbocycles. The van der Waals surface area contributed by atoms with Crippen molar-refractivity contribution in [2.24, 2.45) is 17.8 Å². The Kier molecular flexibility index (Phi) is 5.99. The van der Waals surface area contributed by atoms with E-state index < -0.39 is 23.8 Å². The molecule has 0 spiro atoms. The van der Waals surface area contributed by atoms with E-state index in [2.05, 4.69) is 12.2 Å². The third-order valence-corrected chi connectivity index (χ3v) is 6.83. The van der Waals surface area contributed by atoms with Crippen LogP contribution in [0.5, 0.6) is 0 Å². The molecule has 7 heteroatoms. The average molecular weight is 391 g/mol. The van der Waals surface area contributed by atoms with E-state index in [9.17, 15) is 19.5 Å². The van der Waals surface area contributed by atoms with Crippen LogP contribution in [0.4, 0.5) is 5.00 Å². The molecule has 0 unspecified atom stereocenters. The predicted molar refractivity (Wildman–Crippen MR) is 103 cm³/mol. The summed E-state index contributed by atoms with van der Waals surface area (Å²) in [6.45, 7) is 2.16. The van der Waals surface area contributed by atoms with Gasteiger partial charge in [0.2, 0.25) is 5.91 Å². The van der Waals surface area contributed by atoms with Crippen molar-refractivity contribution in [2.75, 3.05) is 12.4 Å². The minimum Gasteiger partial charge on any atom is -0.481 e. The van der Waals surface area contributed by atoms with Gasteiger partial charge in [0.25, 0.3) is 0 Å². The van der Waals surface area contributed by atoms with Crippen molar-refractivity contribution >= 4 is 34.2 Å². The molecule has 0 aliphatic heterocycles. The van der Waals surface area contributed by atoms with Crippen LogP contribution >= 0.6 is 11.3 Å². The van der Waals surface area contributed by atoms with Crippen LogP contribution < -0.4 is 5.32 Å². The van der Waals surface area contributed by atoms with Gasteiger partial charge < -0.3 is 15.2 Å². The fourth-order valence-electron chi connectivity index (χ4n) is 3.99. The Labute approximate surface area is 162 Å². The number of anilines is 1. The highest BCUT2D eigenvalue weighted by Crippen LogP contribution is 2.41. The van der Waals surface area contributed by atoms with Gasteiger partial charge in [-0.2, -0.15) is 0 Å². The lowest BCUT2D eigenvalue weighted by molar-refractivity contribution is -0.146. The Balaban J connectivity index is 1.89. The van der Waals surface area contributed by atoms with Gasteiger partial charge in [0.05, 0.1) is 24.5 Å². The lowest BCUT2D eigenvalue weighted by Crippen LogP contribution is -2.34. The van der Waals surface area contributed by atoms with Gasteiger partial charge in [0.15, 0.2) is 0 Å². The maximum Gasteiger partial charge on any atom is 0.341 e. The quantitative estimate of drug-likeness (QED) is 0.590. The molecule has 6 nitrogen and oxygen atoms in total. The van der Waals surface area contributed by atoms with Crippen LogP contribution in [0.2, 0.25) is 0 Å². The minimum atomic E-state index is -0.969. The van der Waals surface area contributed by atoms with Crippen molar-refractivity contribution in [3.05, 3.63) is 28.2 Å². The number of hydrogen-bond acceptors (Lipinski definition) is 5. The normalized spacial score (nSPS) is 24.1. The molecule has 1 amide bonds. The number of carboxylic acid groups (broad SMARTS) is 1. The first-order chi connectivity index (χ1) is 13.0. The highest BCUT2D eigenvalue weighted by molar-refractivity contribution is 7.17. The first-order valence-electron chi connectivity index (χ1n) is 9.37. The van der Waals surface area contributed by atoms with Crippen LogP contribution in [0.15, 0.2) is 12.2 Å². The number of methoxy groups -OCH3 is 1. The minimum absolute atomic E-state index is 0.344. The van der Waals surface area contributed by atoms with Crippen LogP contribution in [0, 0.1) is 17.8 Å². The molecule has 0 saturated heterocycles. The molecule has 1 aromatic heterocycles. The van der Waals surface area contributed by atoms with Crippen molar-refractivity contribution < 1.29 is 24.2 Å². The number of hydrogen-bond donors (Lipinski definition) is 2. The molecule has 1 aromatic rings. The Hall–Kier alpha value is -2.15. The summed E-state index contributed by atoms with van der Waals surface area (Å²) in [5.74, 6) is -2.55. The van der Waals surface area contributed by atoms with Crippen LogP contribution in [0.1, 0.15) is 53.4 Å². The molecule has 0 aromatic carbocycles. The summed E-state index contributed by atoms with van der Waals surface area (Å²) >= 11 is 1.43. The Morgan fingerprint density at radius 3 is 2.59 bits per heavy atom. The lowest BCUT2D eigenvalue weighted by Gasteiger charge is -2.24. The fraction of sp³-hybridized carbons (Fsp3) is 0.550. The molecule has 1 heterocycles. The SMILES string of the molecule is CC[C@@H]1CCc2c(sc(NC(=O)[C@@H]3CC=CC[C@H]3C(=O)O)c2C(=O)OC)C1. The van der Waals surface area contributed by atoms with Gasteiger partial charge in [0, 0.05) is 4.88 Å². The van der Waals surface area contributed by atoms with E-state index in [1.54, 1.807) is 6.08 Å². The summed E-state index contributed by atoms with van der Waals surface area (Å²) in [6.07, 6.45) is 8.19. The molecule has 27 heavy (non-hydrogen) atoms. The first kappa shape index (κ1) is 19.6. The molecule has 3 rings (SSSR count). The van der Waals surface area contributed by atoms with E-state index in [-0.39, 0.29) is 5.91 Å². The van der Waals surface area contributed by atoms with Crippen molar-refractivity contribution in [1.29, 1.82) is 0 Å². The zero-order valence-electron chi connectivity index (χ0n) is 15.6. The zero-order valence-corrected chi connectivity index (χ0v) is 16.4. The molecule has 2 aliphatic rings. The Morgan fingerprint density at radius 2 is 1.96 bits per heavy atom. The van der Waals surface area contributed by atoms with Crippen LogP contribution in [-0.4, -0.2) is 30.1 Å². The van der Waals surface area contributed by atoms with Gasteiger partial charge in [0.1, 0.15) is 5.00 Å². The number of carbonyl (C=O) groups is 3. The fourth-order valence-corrected chi connectivity index (χ4v) is 5.34. The highest BCUT2D eigenvalue weighted by atomic mass is 32.1. The second-order valence-corrected chi connectivity index (χ2v) is 8.31. The Morgan fingerprint density at radius 1 is 1.26 bits per heavy atom. The summed E-state index contributed by atoms with van der Waals surface area (Å²) < 4.78 is 4.95. The lowest BCUT2D eigenvalue weighted by atomic mass is 9.82. The van der Waals surface area contributed by atoms with Gasteiger partial charge in [-0.3, -0.25) is 9.59 Å². The monoisotopic (exact) mass is 391 g/mol. The first-order valence-corrected chi connectivity index (χ1v) is 10.2. The van der Waals surface area contributed by atoms with Gasteiger partial charge in [-0.25, -0.2) is 4.79 Å². The molecule has 0 fully saturated rings. The Bertz CT molecular complexity index is 782. The summed E-state index contributed by atoms with van der Waals surface area (Å²) in [5, 5.41) is 12.8. The van der Waals surface area contributed by atoms with Crippen molar-refractivity contribution in [1.82, 2.24) is 0 Å². The number of carbonyl (C=O) groups excluding carboxylic acids is 2. The van der Waals surface area contributed by atoms with Crippen LogP contribution in [-0.2, 0) is 27.2 Å². The maximum atomic E-state index is 12.8. The van der Waals surface area contributed by atoms with E-state index in [4.69, 9.17) is 4.74 Å². The smallest absolute Gasteiger partial charge is 0.341 e. The number of nitrogens with one attached hydrogen (secondary N) is 1. The molecule has 3 atom stereocenters. The third kappa shape index (κ3) is 3.93. The number of ether oxygens (including phenoxy) is 1. The van der Waals surface area contributed by atoms with Gasteiger partial charge in [-0.05, 0) is 43.6 Å². The van der Waals surface area contributed by atoms with E-state index in [1.165, 1.54) is 18.4 Å². The second kappa shape index (κ2) is 8.25. The molecule has 146 valence electrons. The maximum absolute atomic E-state index is 12.8. The zero-order chi connectivity index (χ0) is 19.6. The molecular formula is C20H25NO5S. The predicted octanol–water partition coefficient (Wildman–Crippen LogP) is 3.66. The molecular weight excluding hydrogens is 366 g/mol.